The second-order valence-corrected chi connectivity index (χ2v) is 5.59. The molecule has 132 valence electrons. The number of esters is 1. The largest absolute Gasteiger partial charge is 0.466 e. The molecule has 26 heavy (non-hydrogen) atoms. The van der Waals surface area contributed by atoms with Gasteiger partial charge in [0.1, 0.15) is 5.82 Å². The molecule has 1 N–H and O–H groups in total. The van der Waals surface area contributed by atoms with E-state index in [0.717, 1.165) is 5.39 Å². The van der Waals surface area contributed by atoms with Crippen molar-refractivity contribution in [1.82, 2.24) is 4.98 Å². The van der Waals surface area contributed by atoms with E-state index in [-0.39, 0.29) is 24.2 Å². The Morgan fingerprint density at radius 2 is 1.88 bits per heavy atom. The summed E-state index contributed by atoms with van der Waals surface area (Å²) in [5, 5.41) is 3.55. The summed E-state index contributed by atoms with van der Waals surface area (Å²) in [5.74, 6) is -1.85. The van der Waals surface area contributed by atoms with Crippen molar-refractivity contribution in [1.29, 1.82) is 0 Å². The van der Waals surface area contributed by atoms with Gasteiger partial charge < -0.3 is 10.1 Å². The van der Waals surface area contributed by atoms with Crippen LogP contribution in [0.4, 0.5) is 10.1 Å². The molecule has 0 fully saturated rings. The molecule has 0 unspecified atom stereocenters. The van der Waals surface area contributed by atoms with Crippen LogP contribution in [0.25, 0.3) is 10.9 Å². The zero-order valence-electron chi connectivity index (χ0n) is 14.2. The first-order chi connectivity index (χ1) is 12.6. The first kappa shape index (κ1) is 17.5. The van der Waals surface area contributed by atoms with E-state index in [4.69, 9.17) is 4.74 Å². The maximum atomic E-state index is 14.3. The predicted molar refractivity (Wildman–Crippen MR) is 96.4 cm³/mol. The van der Waals surface area contributed by atoms with Crippen LogP contribution in [0, 0.1) is 5.82 Å². The average molecular weight is 352 g/mol. The molecule has 6 heteroatoms. The minimum absolute atomic E-state index is 0.173. The molecule has 2 aromatic carbocycles. The van der Waals surface area contributed by atoms with Crippen LogP contribution < -0.4 is 5.32 Å². The summed E-state index contributed by atoms with van der Waals surface area (Å²) >= 11 is 0. The molecule has 1 heterocycles. The standard InChI is InChI=1S/C20H17FN2O3/c1-2-26-17(24)12-14-7-3-9-15(21)18(14)20(25)23-16-10-4-6-13-8-5-11-22-19(13)16/h3-11H,2,12H2,1H3,(H,23,25). The van der Waals surface area contributed by atoms with Crippen molar-refractivity contribution in [2.75, 3.05) is 11.9 Å². The maximum absolute atomic E-state index is 14.3. The van der Waals surface area contributed by atoms with Crippen molar-refractivity contribution in [3.8, 4) is 0 Å². The normalized spacial score (nSPS) is 10.5. The van der Waals surface area contributed by atoms with E-state index in [9.17, 15) is 14.0 Å². The van der Waals surface area contributed by atoms with Crippen LogP contribution in [0.5, 0.6) is 0 Å². The molecule has 1 amide bonds. The van der Waals surface area contributed by atoms with Gasteiger partial charge in [-0.3, -0.25) is 14.6 Å². The van der Waals surface area contributed by atoms with Crippen LogP contribution in [0.2, 0.25) is 0 Å². The number of nitrogens with one attached hydrogen (secondary N) is 1. The molecule has 3 aromatic rings. The molecule has 0 aliphatic heterocycles. The molecule has 1 aromatic heterocycles. The zero-order valence-corrected chi connectivity index (χ0v) is 14.2. The van der Waals surface area contributed by atoms with Crippen LogP contribution in [0.3, 0.4) is 0 Å². The van der Waals surface area contributed by atoms with Gasteiger partial charge in [-0.15, -0.1) is 0 Å². The number of aromatic nitrogens is 1. The summed E-state index contributed by atoms with van der Waals surface area (Å²) in [6.45, 7) is 1.90. The van der Waals surface area contributed by atoms with Gasteiger partial charge in [0.2, 0.25) is 0 Å². The van der Waals surface area contributed by atoms with Crippen LogP contribution in [0.15, 0.2) is 54.7 Å². The molecule has 0 aliphatic carbocycles. The Balaban J connectivity index is 1.93. The highest BCUT2D eigenvalue weighted by Crippen LogP contribution is 2.23. The minimum Gasteiger partial charge on any atom is -0.466 e. The molecule has 0 saturated heterocycles. The average Bonchev–Trinajstić information content (AvgIpc) is 2.62. The number of pyridine rings is 1. The number of ether oxygens (including phenoxy) is 1. The summed E-state index contributed by atoms with van der Waals surface area (Å²) in [6.07, 6.45) is 1.44. The van der Waals surface area contributed by atoms with Crippen molar-refractivity contribution in [2.45, 2.75) is 13.3 Å². The summed E-state index contributed by atoms with van der Waals surface area (Å²) in [4.78, 5) is 28.7. The van der Waals surface area contributed by atoms with Gasteiger partial charge in [0.15, 0.2) is 0 Å². The molecular formula is C20H17FN2O3. The van der Waals surface area contributed by atoms with Gasteiger partial charge in [-0.2, -0.15) is 0 Å². The maximum Gasteiger partial charge on any atom is 0.310 e. The summed E-state index contributed by atoms with van der Waals surface area (Å²) in [5.41, 5.74) is 1.17. The Morgan fingerprint density at radius 3 is 2.69 bits per heavy atom. The van der Waals surface area contributed by atoms with Crippen LogP contribution in [-0.4, -0.2) is 23.5 Å². The van der Waals surface area contributed by atoms with Crippen molar-refractivity contribution < 1.29 is 18.7 Å². The first-order valence-corrected chi connectivity index (χ1v) is 8.18. The molecule has 0 aliphatic rings. The van der Waals surface area contributed by atoms with Gasteiger partial charge in [0.05, 0.1) is 29.8 Å². The highest BCUT2D eigenvalue weighted by Gasteiger charge is 2.20. The second kappa shape index (κ2) is 7.74. The number of rotatable bonds is 5. The topological polar surface area (TPSA) is 68.3 Å². The SMILES string of the molecule is CCOC(=O)Cc1cccc(F)c1C(=O)Nc1cccc2cccnc12. The van der Waals surface area contributed by atoms with E-state index in [1.54, 1.807) is 31.3 Å². The molecule has 0 saturated carbocycles. The van der Waals surface area contributed by atoms with E-state index >= 15 is 0 Å². The van der Waals surface area contributed by atoms with Gasteiger partial charge in [-0.25, -0.2) is 4.39 Å². The van der Waals surface area contributed by atoms with E-state index in [2.05, 4.69) is 10.3 Å². The first-order valence-electron chi connectivity index (χ1n) is 8.18. The number of anilines is 1. The zero-order chi connectivity index (χ0) is 18.5. The molecule has 3 rings (SSSR count). The van der Waals surface area contributed by atoms with E-state index in [1.165, 1.54) is 18.2 Å². The molecule has 0 atom stereocenters. The number of benzene rings is 2. The van der Waals surface area contributed by atoms with E-state index < -0.39 is 17.7 Å². The van der Waals surface area contributed by atoms with E-state index in [0.29, 0.717) is 11.2 Å². The number of carbonyl (C=O) groups excluding carboxylic acids is 2. The molecule has 0 spiro atoms. The van der Waals surface area contributed by atoms with Gasteiger partial charge in [0.25, 0.3) is 5.91 Å². The molecule has 5 nitrogen and oxygen atoms in total. The van der Waals surface area contributed by atoms with Crippen LogP contribution in [0.1, 0.15) is 22.8 Å². The number of halogens is 1. The van der Waals surface area contributed by atoms with Crippen molar-refractivity contribution in [3.63, 3.8) is 0 Å². The number of carbonyl (C=O) groups is 2. The van der Waals surface area contributed by atoms with Crippen molar-refractivity contribution in [2.24, 2.45) is 0 Å². The smallest absolute Gasteiger partial charge is 0.310 e. The number of hydrogen-bond acceptors (Lipinski definition) is 4. The molecule has 0 bridgehead atoms. The third-order valence-corrected chi connectivity index (χ3v) is 3.85. The Labute approximate surface area is 149 Å². The predicted octanol–water partition coefficient (Wildman–Crippen LogP) is 3.73. The number of fused-ring (bicyclic) bond motifs is 1. The van der Waals surface area contributed by atoms with Gasteiger partial charge >= 0.3 is 5.97 Å². The Morgan fingerprint density at radius 1 is 1.12 bits per heavy atom. The number of nitrogens with zero attached hydrogens (tertiary/aromatic N) is 1. The highest BCUT2D eigenvalue weighted by molar-refractivity contribution is 6.09. The fraction of sp³-hybridized carbons (Fsp3) is 0.150. The monoisotopic (exact) mass is 352 g/mol. The summed E-state index contributed by atoms with van der Waals surface area (Å²) in [7, 11) is 0. The third kappa shape index (κ3) is 3.69. The molecular weight excluding hydrogens is 335 g/mol. The van der Waals surface area contributed by atoms with Gasteiger partial charge in [0, 0.05) is 11.6 Å². The lowest BCUT2D eigenvalue weighted by molar-refractivity contribution is -0.142. The number of amides is 1. The van der Waals surface area contributed by atoms with Crippen molar-refractivity contribution >= 4 is 28.5 Å². The Kier molecular flexibility index (Phi) is 5.22. The van der Waals surface area contributed by atoms with Crippen LogP contribution in [-0.2, 0) is 16.0 Å². The Hall–Kier alpha value is -3.28. The highest BCUT2D eigenvalue weighted by atomic mass is 19.1. The summed E-state index contributed by atoms with van der Waals surface area (Å²) < 4.78 is 19.2. The lowest BCUT2D eigenvalue weighted by Gasteiger charge is -2.12. The van der Waals surface area contributed by atoms with Crippen molar-refractivity contribution in [3.05, 3.63) is 71.7 Å². The minimum atomic E-state index is -0.697. The van der Waals surface area contributed by atoms with E-state index in [1.807, 2.05) is 12.1 Å². The fourth-order valence-electron chi connectivity index (χ4n) is 2.73. The third-order valence-electron chi connectivity index (χ3n) is 3.85. The second-order valence-electron chi connectivity index (χ2n) is 5.59. The van der Waals surface area contributed by atoms with Gasteiger partial charge in [-0.1, -0.05) is 30.3 Å². The number of hydrogen-bond donors (Lipinski definition) is 1. The quantitative estimate of drug-likeness (QED) is 0.711. The lowest BCUT2D eigenvalue weighted by atomic mass is 10.0. The molecule has 0 radical (unpaired) electrons. The van der Waals surface area contributed by atoms with Gasteiger partial charge in [-0.05, 0) is 30.7 Å². The fourth-order valence-corrected chi connectivity index (χ4v) is 2.73. The lowest BCUT2D eigenvalue weighted by Crippen LogP contribution is -2.19. The number of para-hydroxylation sites is 1. The Bertz CT molecular complexity index is 967. The summed E-state index contributed by atoms with van der Waals surface area (Å²) in [6, 6.07) is 13.2. The van der Waals surface area contributed by atoms with Crippen LogP contribution >= 0.6 is 0 Å².